The fraction of sp³-hybridized carbons (Fsp3) is 0.694. The number of likely N-dealkylation sites (N-methyl/N-ethyl adjacent to an activating group) is 1. The number of morpholine rings is 1. The van der Waals surface area contributed by atoms with Crippen molar-refractivity contribution in [3.8, 4) is 11.5 Å². The molecule has 3 heterocycles. The van der Waals surface area contributed by atoms with Crippen LogP contribution in [0.15, 0.2) is 16.6 Å². The van der Waals surface area contributed by atoms with Crippen molar-refractivity contribution in [2.24, 2.45) is 11.3 Å². The maximum absolute atomic E-state index is 13.8. The van der Waals surface area contributed by atoms with Gasteiger partial charge in [-0.2, -0.15) is 5.10 Å². The highest BCUT2D eigenvalue weighted by molar-refractivity contribution is 9.10. The van der Waals surface area contributed by atoms with Crippen LogP contribution in [0.1, 0.15) is 31.5 Å². The zero-order chi connectivity index (χ0) is 35.3. The number of benzene rings is 1. The number of ether oxygens (including phenoxy) is 3. The average molecular weight is 774 g/mol. The topological polar surface area (TPSA) is 86.9 Å². The number of imidazole rings is 1. The highest BCUT2D eigenvalue weighted by Gasteiger charge is 2.54. The van der Waals surface area contributed by atoms with Crippen LogP contribution in [0.25, 0.3) is 22.6 Å². The Morgan fingerprint density at radius 1 is 1.08 bits per heavy atom. The Morgan fingerprint density at radius 3 is 2.39 bits per heavy atom. The van der Waals surface area contributed by atoms with E-state index in [2.05, 4.69) is 82.4 Å². The third kappa shape index (κ3) is 8.28. The van der Waals surface area contributed by atoms with Crippen molar-refractivity contribution >= 4 is 54.7 Å². The lowest BCUT2D eigenvalue weighted by atomic mass is 9.87. The first-order valence-corrected chi connectivity index (χ1v) is 26.3. The van der Waals surface area contributed by atoms with Gasteiger partial charge < -0.3 is 19.1 Å². The largest absolute Gasteiger partial charge is 0.379 e. The molecule has 3 aromatic rings. The predicted molar refractivity (Wildman–Crippen MR) is 206 cm³/mol. The van der Waals surface area contributed by atoms with Gasteiger partial charge in [0, 0.05) is 65.2 Å². The van der Waals surface area contributed by atoms with Gasteiger partial charge in [0.2, 0.25) is 5.91 Å². The maximum atomic E-state index is 13.8. The Balaban J connectivity index is 1.37. The van der Waals surface area contributed by atoms with Crippen LogP contribution < -0.4 is 4.90 Å². The number of rotatable bonds is 14. The van der Waals surface area contributed by atoms with E-state index in [-0.39, 0.29) is 11.9 Å². The molecule has 0 radical (unpaired) electrons. The van der Waals surface area contributed by atoms with Crippen molar-refractivity contribution in [1.82, 2.24) is 24.2 Å². The van der Waals surface area contributed by atoms with Gasteiger partial charge >= 0.3 is 0 Å². The van der Waals surface area contributed by atoms with Crippen molar-refractivity contribution in [3.63, 3.8) is 0 Å². The first-order chi connectivity index (χ1) is 23.0. The minimum absolute atomic E-state index is 0.0500. The quantitative estimate of drug-likeness (QED) is 0.128. The summed E-state index contributed by atoms with van der Waals surface area (Å²) in [6.07, 6.45) is 3.29. The number of hydrogen-bond acceptors (Lipinski definition) is 7. The molecule has 2 fully saturated rings. The minimum Gasteiger partial charge on any atom is -0.379 e. The molecule has 0 spiro atoms. The summed E-state index contributed by atoms with van der Waals surface area (Å²) in [5.41, 5.74) is 6.48. The van der Waals surface area contributed by atoms with E-state index in [1.165, 1.54) is 17.7 Å². The predicted octanol–water partition coefficient (Wildman–Crippen LogP) is 7.10. The molecule has 0 bridgehead atoms. The zero-order valence-corrected chi connectivity index (χ0v) is 34.8. The maximum Gasteiger partial charge on any atom is 0.243 e. The lowest BCUT2D eigenvalue weighted by molar-refractivity contribution is -0.124. The number of hydrogen-bond donors (Lipinski definition) is 0. The molecule has 6 rings (SSSR count). The van der Waals surface area contributed by atoms with Crippen LogP contribution in [0, 0.1) is 11.3 Å². The van der Waals surface area contributed by atoms with E-state index >= 15 is 0 Å². The molecule has 0 N–H and O–H groups in total. The molecule has 0 unspecified atom stereocenters. The van der Waals surface area contributed by atoms with Gasteiger partial charge in [0.05, 0.1) is 36.0 Å². The molecule has 2 aliphatic carbocycles. The van der Waals surface area contributed by atoms with E-state index in [1.807, 2.05) is 20.0 Å². The second kappa shape index (κ2) is 14.3. The van der Waals surface area contributed by atoms with Gasteiger partial charge in [-0.15, -0.1) is 0 Å². The van der Waals surface area contributed by atoms with Crippen LogP contribution in [0.2, 0.25) is 51.4 Å². The number of aromatic nitrogens is 4. The molecule has 1 amide bonds. The lowest BCUT2D eigenvalue weighted by Crippen LogP contribution is -2.50. The molecule has 1 saturated carbocycles. The Bertz CT molecular complexity index is 1670. The van der Waals surface area contributed by atoms with Crippen molar-refractivity contribution in [2.75, 3.05) is 51.5 Å². The molecule has 3 aliphatic rings. The van der Waals surface area contributed by atoms with Crippen LogP contribution in [0.4, 0.5) is 5.69 Å². The average Bonchev–Trinajstić information content (AvgIpc) is 3.42. The van der Waals surface area contributed by atoms with Gasteiger partial charge in [-0.3, -0.25) is 14.3 Å². The van der Waals surface area contributed by atoms with Gasteiger partial charge in [0.15, 0.2) is 5.82 Å². The van der Waals surface area contributed by atoms with E-state index in [4.69, 9.17) is 24.3 Å². The Kier molecular flexibility index (Phi) is 10.7. The van der Waals surface area contributed by atoms with Gasteiger partial charge in [-0.25, -0.2) is 9.67 Å². The zero-order valence-electron chi connectivity index (χ0n) is 31.2. The number of nitrogens with zero attached hydrogens (tertiary/aromatic N) is 6. The summed E-state index contributed by atoms with van der Waals surface area (Å²) >= 11 is 3.80. The molecule has 2 aromatic heterocycles. The Labute approximate surface area is 303 Å². The van der Waals surface area contributed by atoms with Crippen molar-refractivity contribution in [1.29, 1.82) is 0 Å². The summed E-state index contributed by atoms with van der Waals surface area (Å²) < 4.78 is 23.3. The fourth-order valence-corrected chi connectivity index (χ4v) is 9.30. The first-order valence-electron chi connectivity index (χ1n) is 18.1. The molecule has 10 nitrogen and oxygen atoms in total. The third-order valence-corrected chi connectivity index (χ3v) is 14.9. The molecule has 1 aromatic carbocycles. The van der Waals surface area contributed by atoms with Crippen LogP contribution in [0.3, 0.4) is 0 Å². The molecular formula is C36H57BrN6O4Si2. The molecule has 13 heteroatoms. The van der Waals surface area contributed by atoms with Crippen molar-refractivity contribution in [2.45, 2.75) is 104 Å². The molecule has 1 aliphatic heterocycles. The molecule has 3 atom stereocenters. The SMILES string of the molecule is C[C@@H](C(=O)N(C)c1cc2c(cc1Br)nc(-c1nn(COCC[Si](C)(C)C)c3c1C[C@@H]1C[C@]1(C)C3)n2COCC[Si](C)(C)C)N1CCOCC1. The summed E-state index contributed by atoms with van der Waals surface area (Å²) in [6.45, 7) is 23.8. The monoisotopic (exact) mass is 772 g/mol. The van der Waals surface area contributed by atoms with Gasteiger partial charge in [0.1, 0.15) is 19.2 Å². The lowest BCUT2D eigenvalue weighted by Gasteiger charge is -2.33. The van der Waals surface area contributed by atoms with E-state index in [0.29, 0.717) is 44.6 Å². The Morgan fingerprint density at radius 2 is 1.73 bits per heavy atom. The van der Waals surface area contributed by atoms with Gasteiger partial charge in [-0.05, 0) is 77.7 Å². The van der Waals surface area contributed by atoms with E-state index in [0.717, 1.165) is 77.3 Å². The second-order valence-electron chi connectivity index (χ2n) is 17.3. The summed E-state index contributed by atoms with van der Waals surface area (Å²) in [5, 5.41) is 5.27. The smallest absolute Gasteiger partial charge is 0.243 e. The highest BCUT2D eigenvalue weighted by Crippen LogP contribution is 2.60. The van der Waals surface area contributed by atoms with Gasteiger partial charge in [0.25, 0.3) is 0 Å². The molecule has 49 heavy (non-hydrogen) atoms. The van der Waals surface area contributed by atoms with E-state index in [9.17, 15) is 4.79 Å². The standard InChI is InChI=1S/C36H57BrN6O4Si2/c1-25(41-10-12-45-13-11-41)35(44)40(3)30-20-31-29(19-28(30)37)38-34(42(31)23-46-14-16-48(4,5)6)33-27-18-26-21-36(26,2)22-32(27)43(39-33)24-47-15-17-49(7,8)9/h19-20,25-26H,10-18,21-24H2,1-9H3/t25-,26+,36+/m0/s1. The normalized spacial score (nSPS) is 21.9. The number of carbonyl (C=O) groups is 1. The second-order valence-corrected chi connectivity index (χ2v) is 29.4. The van der Waals surface area contributed by atoms with Crippen molar-refractivity contribution in [3.05, 3.63) is 27.9 Å². The summed E-state index contributed by atoms with van der Waals surface area (Å²) in [4.78, 5) is 23.0. The van der Waals surface area contributed by atoms with Crippen LogP contribution >= 0.6 is 15.9 Å². The van der Waals surface area contributed by atoms with Crippen LogP contribution in [-0.2, 0) is 45.3 Å². The first kappa shape index (κ1) is 36.9. The fourth-order valence-electron chi connectivity index (χ4n) is 7.19. The van der Waals surface area contributed by atoms with Gasteiger partial charge in [-0.1, -0.05) is 46.2 Å². The molecule has 270 valence electrons. The molecule has 1 saturated heterocycles. The minimum atomic E-state index is -1.27. The number of amides is 1. The summed E-state index contributed by atoms with van der Waals surface area (Å²) in [7, 11) is -0.606. The third-order valence-electron chi connectivity index (χ3n) is 10.8. The van der Waals surface area contributed by atoms with Crippen molar-refractivity contribution < 1.29 is 19.0 Å². The number of halogens is 1. The van der Waals surface area contributed by atoms with Crippen LogP contribution in [0.5, 0.6) is 0 Å². The highest BCUT2D eigenvalue weighted by atomic mass is 79.9. The Hall–Kier alpha value is -1.88. The van der Waals surface area contributed by atoms with Crippen LogP contribution in [-0.4, -0.2) is 98.9 Å². The number of anilines is 1. The summed E-state index contributed by atoms with van der Waals surface area (Å²) in [5.74, 6) is 1.56. The number of fused-ring (bicyclic) bond motifs is 3. The number of carbonyl (C=O) groups excluding carboxylic acids is 1. The van der Waals surface area contributed by atoms with E-state index < -0.39 is 16.1 Å². The summed E-state index contributed by atoms with van der Waals surface area (Å²) in [6, 6.07) is 6.09. The molecular weight excluding hydrogens is 717 g/mol. The van der Waals surface area contributed by atoms with E-state index in [1.54, 1.807) is 4.90 Å².